The van der Waals surface area contributed by atoms with Crippen LogP contribution in [0.15, 0.2) is 18.5 Å². The third-order valence-corrected chi connectivity index (χ3v) is 2.76. The summed E-state index contributed by atoms with van der Waals surface area (Å²) in [6, 6.07) is 2.61. The van der Waals surface area contributed by atoms with Gasteiger partial charge in [0.2, 0.25) is 0 Å². The summed E-state index contributed by atoms with van der Waals surface area (Å²) < 4.78 is 1.20. The van der Waals surface area contributed by atoms with E-state index >= 15 is 0 Å². The van der Waals surface area contributed by atoms with Crippen LogP contribution in [0.1, 0.15) is 11.6 Å². The molecule has 1 aromatic heterocycles. The van der Waals surface area contributed by atoms with Crippen molar-refractivity contribution in [2.75, 3.05) is 19.6 Å². The minimum Gasteiger partial charge on any atom is -0.314 e. The van der Waals surface area contributed by atoms with Crippen LogP contribution in [0.2, 0.25) is 0 Å². The molecule has 2 rings (SSSR count). The van der Waals surface area contributed by atoms with Crippen LogP contribution in [-0.2, 0) is 0 Å². The van der Waals surface area contributed by atoms with E-state index in [1.807, 2.05) is 12.4 Å². The Bertz CT molecular complexity index is 284. The highest BCUT2D eigenvalue weighted by Crippen LogP contribution is 2.14. The molecular formula is C9H12IN3. The lowest BCUT2D eigenvalue weighted by Gasteiger charge is -2.24. The maximum Gasteiger partial charge on any atom is 0.0462 e. The highest BCUT2D eigenvalue weighted by molar-refractivity contribution is 14.1. The third-order valence-electron chi connectivity index (χ3n) is 2.17. The van der Waals surface area contributed by atoms with E-state index in [1.54, 1.807) is 0 Å². The van der Waals surface area contributed by atoms with Gasteiger partial charge in [-0.2, -0.15) is 0 Å². The van der Waals surface area contributed by atoms with Crippen molar-refractivity contribution in [1.82, 2.24) is 15.6 Å². The number of aromatic nitrogens is 1. The normalized spacial score (nSPS) is 23.0. The van der Waals surface area contributed by atoms with Gasteiger partial charge in [0.15, 0.2) is 0 Å². The predicted molar refractivity (Wildman–Crippen MR) is 60.6 cm³/mol. The third kappa shape index (κ3) is 2.38. The molecular weight excluding hydrogens is 277 g/mol. The number of nitrogens with zero attached hydrogens (tertiary/aromatic N) is 1. The number of pyridine rings is 1. The number of hydrogen-bond acceptors (Lipinski definition) is 3. The highest BCUT2D eigenvalue weighted by atomic mass is 127. The van der Waals surface area contributed by atoms with Gasteiger partial charge in [-0.05, 0) is 34.2 Å². The standard InChI is InChI=1S/C9H12IN3/c10-8-3-7(4-12-5-8)9-6-11-1-2-13-9/h3-5,9,11,13H,1-2,6H2/t9-/m1/s1. The fourth-order valence-corrected chi connectivity index (χ4v) is 2.03. The van der Waals surface area contributed by atoms with Crippen molar-refractivity contribution in [2.24, 2.45) is 0 Å². The van der Waals surface area contributed by atoms with Gasteiger partial charge in [0.25, 0.3) is 0 Å². The van der Waals surface area contributed by atoms with Crippen molar-refractivity contribution in [3.05, 3.63) is 27.6 Å². The van der Waals surface area contributed by atoms with E-state index in [-0.39, 0.29) is 0 Å². The quantitative estimate of drug-likeness (QED) is 0.755. The molecule has 3 nitrogen and oxygen atoms in total. The lowest BCUT2D eigenvalue weighted by atomic mass is 10.1. The van der Waals surface area contributed by atoms with Gasteiger partial charge in [0.05, 0.1) is 0 Å². The summed E-state index contributed by atoms with van der Waals surface area (Å²) in [7, 11) is 0. The van der Waals surface area contributed by atoms with E-state index in [2.05, 4.69) is 44.3 Å². The van der Waals surface area contributed by atoms with E-state index in [0.29, 0.717) is 6.04 Å². The molecule has 0 radical (unpaired) electrons. The van der Waals surface area contributed by atoms with Crippen LogP contribution < -0.4 is 10.6 Å². The molecule has 0 aromatic carbocycles. The van der Waals surface area contributed by atoms with Gasteiger partial charge in [-0.1, -0.05) is 0 Å². The van der Waals surface area contributed by atoms with E-state index in [4.69, 9.17) is 0 Å². The first-order valence-electron chi connectivity index (χ1n) is 4.41. The Morgan fingerprint density at radius 3 is 3.00 bits per heavy atom. The Kier molecular flexibility index (Phi) is 3.13. The van der Waals surface area contributed by atoms with Gasteiger partial charge in [0, 0.05) is 41.6 Å². The first kappa shape index (κ1) is 9.36. The number of nitrogens with one attached hydrogen (secondary N) is 2. The van der Waals surface area contributed by atoms with Crippen molar-refractivity contribution >= 4 is 22.6 Å². The Balaban J connectivity index is 2.14. The van der Waals surface area contributed by atoms with Gasteiger partial charge in [-0.3, -0.25) is 4.98 Å². The molecule has 1 saturated heterocycles. The first-order valence-corrected chi connectivity index (χ1v) is 5.49. The first-order chi connectivity index (χ1) is 6.36. The second kappa shape index (κ2) is 4.34. The summed E-state index contributed by atoms with van der Waals surface area (Å²) in [6.07, 6.45) is 3.81. The largest absolute Gasteiger partial charge is 0.314 e. The van der Waals surface area contributed by atoms with Crippen LogP contribution in [0.4, 0.5) is 0 Å². The van der Waals surface area contributed by atoms with Gasteiger partial charge in [-0.25, -0.2) is 0 Å². The SMILES string of the molecule is Ic1cncc([C@H]2CNCCN2)c1. The number of halogens is 1. The summed E-state index contributed by atoms with van der Waals surface area (Å²) in [5.74, 6) is 0. The van der Waals surface area contributed by atoms with Crippen LogP contribution in [0.3, 0.4) is 0 Å². The van der Waals surface area contributed by atoms with E-state index in [1.165, 1.54) is 9.13 Å². The molecule has 0 aliphatic carbocycles. The highest BCUT2D eigenvalue weighted by Gasteiger charge is 2.14. The van der Waals surface area contributed by atoms with E-state index in [0.717, 1.165) is 19.6 Å². The minimum atomic E-state index is 0.427. The Labute approximate surface area is 91.5 Å². The fraction of sp³-hybridized carbons (Fsp3) is 0.444. The monoisotopic (exact) mass is 289 g/mol. The zero-order valence-corrected chi connectivity index (χ0v) is 9.41. The molecule has 70 valence electrons. The average molecular weight is 289 g/mol. The second-order valence-electron chi connectivity index (χ2n) is 3.15. The fourth-order valence-electron chi connectivity index (χ4n) is 1.51. The van der Waals surface area contributed by atoms with Crippen LogP contribution >= 0.6 is 22.6 Å². The molecule has 1 aromatic rings. The smallest absolute Gasteiger partial charge is 0.0462 e. The van der Waals surface area contributed by atoms with Gasteiger partial charge in [-0.15, -0.1) is 0 Å². The molecule has 0 unspecified atom stereocenters. The molecule has 13 heavy (non-hydrogen) atoms. The zero-order valence-electron chi connectivity index (χ0n) is 7.26. The zero-order chi connectivity index (χ0) is 9.10. The minimum absolute atomic E-state index is 0.427. The molecule has 1 aliphatic rings. The maximum absolute atomic E-state index is 4.18. The van der Waals surface area contributed by atoms with Crippen molar-refractivity contribution in [1.29, 1.82) is 0 Å². The molecule has 0 spiro atoms. The molecule has 2 heterocycles. The summed E-state index contributed by atoms with van der Waals surface area (Å²) in [4.78, 5) is 4.18. The number of piperazine rings is 1. The molecule has 1 aliphatic heterocycles. The van der Waals surface area contributed by atoms with Crippen molar-refractivity contribution in [2.45, 2.75) is 6.04 Å². The lowest BCUT2D eigenvalue weighted by Crippen LogP contribution is -2.42. The van der Waals surface area contributed by atoms with Crippen LogP contribution in [0, 0.1) is 3.57 Å². The van der Waals surface area contributed by atoms with E-state index in [9.17, 15) is 0 Å². The van der Waals surface area contributed by atoms with Crippen molar-refractivity contribution in [3.8, 4) is 0 Å². The number of hydrogen-bond donors (Lipinski definition) is 2. The predicted octanol–water partition coefficient (Wildman–Crippen LogP) is 0.920. The second-order valence-corrected chi connectivity index (χ2v) is 4.39. The number of rotatable bonds is 1. The van der Waals surface area contributed by atoms with E-state index < -0.39 is 0 Å². The molecule has 2 N–H and O–H groups in total. The molecule has 4 heteroatoms. The van der Waals surface area contributed by atoms with Gasteiger partial charge in [0.1, 0.15) is 0 Å². The van der Waals surface area contributed by atoms with Crippen molar-refractivity contribution < 1.29 is 0 Å². The van der Waals surface area contributed by atoms with Gasteiger partial charge >= 0.3 is 0 Å². The molecule has 1 atom stereocenters. The van der Waals surface area contributed by atoms with Crippen molar-refractivity contribution in [3.63, 3.8) is 0 Å². The topological polar surface area (TPSA) is 37.0 Å². The Hall–Kier alpha value is -0.200. The summed E-state index contributed by atoms with van der Waals surface area (Å²) in [5, 5.41) is 6.82. The molecule has 0 bridgehead atoms. The van der Waals surface area contributed by atoms with Crippen LogP contribution in [-0.4, -0.2) is 24.6 Å². The lowest BCUT2D eigenvalue weighted by molar-refractivity contribution is 0.429. The Morgan fingerprint density at radius 1 is 1.38 bits per heavy atom. The van der Waals surface area contributed by atoms with Gasteiger partial charge < -0.3 is 10.6 Å². The molecule has 0 saturated carbocycles. The maximum atomic E-state index is 4.18. The summed E-state index contributed by atoms with van der Waals surface area (Å²) in [6.45, 7) is 3.10. The molecule has 1 fully saturated rings. The Morgan fingerprint density at radius 2 is 2.31 bits per heavy atom. The van der Waals surface area contributed by atoms with Crippen LogP contribution in [0.25, 0.3) is 0 Å². The summed E-state index contributed by atoms with van der Waals surface area (Å²) in [5.41, 5.74) is 1.28. The molecule has 0 amide bonds. The summed E-state index contributed by atoms with van der Waals surface area (Å²) >= 11 is 2.29. The van der Waals surface area contributed by atoms with Crippen LogP contribution in [0.5, 0.6) is 0 Å². The average Bonchev–Trinajstić information content (AvgIpc) is 2.19.